The number of nitrogens with zero attached hydrogens (tertiary/aromatic N) is 5. The predicted octanol–water partition coefficient (Wildman–Crippen LogP) is 4.73. The highest BCUT2D eigenvalue weighted by Crippen LogP contribution is 2.37. The first kappa shape index (κ1) is 18.5. The van der Waals surface area contributed by atoms with Crippen LogP contribution < -0.4 is 9.64 Å². The molecule has 152 valence electrons. The lowest BCUT2D eigenvalue weighted by Crippen LogP contribution is -2.20. The van der Waals surface area contributed by atoms with Gasteiger partial charge >= 0.3 is 0 Å². The Hall–Kier alpha value is -3.48. The van der Waals surface area contributed by atoms with Crippen molar-refractivity contribution in [2.75, 3.05) is 18.6 Å². The maximum Gasteiger partial charge on any atom is 0.128 e. The molecule has 0 atom stereocenters. The molecule has 1 saturated carbocycles. The minimum Gasteiger partial charge on any atom is -0.497 e. The van der Waals surface area contributed by atoms with Gasteiger partial charge in [-0.05, 0) is 43.0 Å². The smallest absolute Gasteiger partial charge is 0.128 e. The molecule has 4 aromatic rings. The van der Waals surface area contributed by atoms with Crippen LogP contribution in [0, 0.1) is 11.7 Å². The first-order valence-electron chi connectivity index (χ1n) is 9.97. The van der Waals surface area contributed by atoms with Gasteiger partial charge in [0.25, 0.3) is 0 Å². The van der Waals surface area contributed by atoms with Crippen LogP contribution >= 0.6 is 0 Å². The molecule has 2 heterocycles. The zero-order valence-corrected chi connectivity index (χ0v) is 16.9. The summed E-state index contributed by atoms with van der Waals surface area (Å²) < 4.78 is 21.2. The number of rotatable bonds is 6. The highest BCUT2D eigenvalue weighted by atomic mass is 19.1. The largest absolute Gasteiger partial charge is 0.497 e. The van der Waals surface area contributed by atoms with Gasteiger partial charge in [-0.15, -0.1) is 0 Å². The molecule has 1 aliphatic rings. The lowest BCUT2D eigenvalue weighted by molar-refractivity contribution is 0.411. The molecule has 0 radical (unpaired) electrons. The first-order chi connectivity index (χ1) is 14.6. The molecule has 0 aliphatic heterocycles. The molecule has 2 aromatic heterocycles. The molecule has 0 amide bonds. The number of methoxy groups -OCH3 is 1. The van der Waals surface area contributed by atoms with E-state index in [-0.39, 0.29) is 5.82 Å². The van der Waals surface area contributed by atoms with E-state index in [0.29, 0.717) is 11.7 Å². The zero-order chi connectivity index (χ0) is 20.7. The molecule has 5 rings (SSSR count). The van der Waals surface area contributed by atoms with E-state index < -0.39 is 0 Å². The number of ether oxygens (including phenoxy) is 1. The molecule has 0 spiro atoms. The van der Waals surface area contributed by atoms with Gasteiger partial charge in [0.15, 0.2) is 0 Å². The summed E-state index contributed by atoms with van der Waals surface area (Å²) in [5, 5.41) is 4.22. The highest BCUT2D eigenvalue weighted by molar-refractivity contribution is 5.82. The van der Waals surface area contributed by atoms with Gasteiger partial charge in [0.05, 0.1) is 36.2 Å². The molecule has 7 heteroatoms. The Bertz CT molecular complexity index is 1220. The fraction of sp³-hybridized carbons (Fsp3) is 0.261. The quantitative estimate of drug-likeness (QED) is 0.466. The topological polar surface area (TPSA) is 56.1 Å². The molecule has 30 heavy (non-hydrogen) atoms. The normalized spacial score (nSPS) is 13.6. The molecule has 2 aromatic carbocycles. The number of aryl methyl sites for hydroxylation is 1. The minimum atomic E-state index is -0.315. The van der Waals surface area contributed by atoms with Crippen molar-refractivity contribution in [2.45, 2.75) is 12.8 Å². The van der Waals surface area contributed by atoms with E-state index in [1.165, 1.54) is 18.9 Å². The van der Waals surface area contributed by atoms with Crippen molar-refractivity contribution in [2.24, 2.45) is 13.0 Å². The average molecular weight is 403 g/mol. The third-order valence-corrected chi connectivity index (χ3v) is 5.38. The molecular weight excluding hydrogens is 381 g/mol. The Kier molecular flexibility index (Phi) is 4.58. The first-order valence-corrected chi connectivity index (χ1v) is 9.97. The van der Waals surface area contributed by atoms with E-state index in [1.807, 2.05) is 37.5 Å². The van der Waals surface area contributed by atoms with Crippen LogP contribution in [0.25, 0.3) is 22.3 Å². The Labute approximate surface area is 173 Å². The second-order valence-electron chi connectivity index (χ2n) is 7.73. The van der Waals surface area contributed by atoms with E-state index in [2.05, 4.69) is 15.0 Å². The lowest BCUT2D eigenvalue weighted by atomic mass is 10.1. The van der Waals surface area contributed by atoms with E-state index in [0.717, 1.165) is 40.2 Å². The van der Waals surface area contributed by atoms with Crippen molar-refractivity contribution in [3.8, 4) is 17.0 Å². The van der Waals surface area contributed by atoms with Crippen LogP contribution in [0.5, 0.6) is 5.75 Å². The van der Waals surface area contributed by atoms with Crippen molar-refractivity contribution in [1.82, 2.24) is 19.7 Å². The number of hydrogen-bond donors (Lipinski definition) is 0. The van der Waals surface area contributed by atoms with Crippen LogP contribution in [0.3, 0.4) is 0 Å². The molecule has 0 saturated heterocycles. The van der Waals surface area contributed by atoms with Crippen LogP contribution in [0.4, 0.5) is 15.8 Å². The summed E-state index contributed by atoms with van der Waals surface area (Å²) >= 11 is 0. The van der Waals surface area contributed by atoms with Gasteiger partial charge in [-0.25, -0.2) is 9.37 Å². The van der Waals surface area contributed by atoms with Gasteiger partial charge in [-0.2, -0.15) is 5.10 Å². The van der Waals surface area contributed by atoms with E-state index in [9.17, 15) is 4.39 Å². The zero-order valence-electron chi connectivity index (χ0n) is 16.9. The van der Waals surface area contributed by atoms with Gasteiger partial charge in [0, 0.05) is 48.9 Å². The van der Waals surface area contributed by atoms with Gasteiger partial charge < -0.3 is 9.64 Å². The summed E-state index contributed by atoms with van der Waals surface area (Å²) in [6.07, 6.45) is 7.84. The Balaban J connectivity index is 1.58. The number of aromatic nitrogens is 4. The van der Waals surface area contributed by atoms with E-state index in [1.54, 1.807) is 30.3 Å². The van der Waals surface area contributed by atoms with E-state index in [4.69, 9.17) is 9.72 Å². The average Bonchev–Trinajstić information content (AvgIpc) is 3.48. The van der Waals surface area contributed by atoms with Crippen molar-refractivity contribution < 1.29 is 9.13 Å². The van der Waals surface area contributed by atoms with Gasteiger partial charge in [-0.1, -0.05) is 0 Å². The molecule has 1 aliphatic carbocycles. The second-order valence-corrected chi connectivity index (χ2v) is 7.73. The Morgan fingerprint density at radius 2 is 1.97 bits per heavy atom. The van der Waals surface area contributed by atoms with Crippen LogP contribution in [-0.2, 0) is 7.05 Å². The Morgan fingerprint density at radius 1 is 1.10 bits per heavy atom. The molecule has 1 fully saturated rings. The third kappa shape index (κ3) is 3.70. The number of fused-ring (bicyclic) bond motifs is 1. The van der Waals surface area contributed by atoms with Crippen molar-refractivity contribution in [3.63, 3.8) is 0 Å². The van der Waals surface area contributed by atoms with E-state index >= 15 is 0 Å². The SMILES string of the molecule is COc1cc(F)cc(N(CC2CC2)c2ccc3ncc(-c4cnn(C)c4)nc3c2)c1. The standard InChI is InChI=1S/C23H22FN5O/c1-28-14-16(11-26-28)23-12-25-21-6-5-18(10-22(21)27-23)29(13-15-3-4-15)19-7-17(24)8-20(9-19)30-2/h5-12,14-15H,3-4,13H2,1-2H3. The second kappa shape index (κ2) is 7.40. The van der Waals surface area contributed by atoms with Gasteiger partial charge in [-0.3, -0.25) is 9.67 Å². The van der Waals surface area contributed by atoms with Gasteiger partial charge in [0.2, 0.25) is 0 Å². The molecule has 6 nitrogen and oxygen atoms in total. The summed E-state index contributed by atoms with van der Waals surface area (Å²) in [4.78, 5) is 11.5. The minimum absolute atomic E-state index is 0.315. The summed E-state index contributed by atoms with van der Waals surface area (Å²) in [6.45, 7) is 0.827. The van der Waals surface area contributed by atoms with Crippen molar-refractivity contribution >= 4 is 22.4 Å². The molecule has 0 N–H and O–H groups in total. The Morgan fingerprint density at radius 3 is 2.70 bits per heavy atom. The summed E-state index contributed by atoms with van der Waals surface area (Å²) in [5.74, 6) is 0.803. The van der Waals surface area contributed by atoms with Crippen LogP contribution in [0.15, 0.2) is 55.0 Å². The fourth-order valence-corrected chi connectivity index (χ4v) is 3.60. The maximum atomic E-state index is 14.2. The summed E-state index contributed by atoms with van der Waals surface area (Å²) in [7, 11) is 3.43. The number of anilines is 2. The number of benzene rings is 2. The monoisotopic (exact) mass is 403 g/mol. The summed E-state index contributed by atoms with van der Waals surface area (Å²) in [6, 6.07) is 10.8. The number of hydrogen-bond acceptors (Lipinski definition) is 5. The highest BCUT2D eigenvalue weighted by Gasteiger charge is 2.26. The van der Waals surface area contributed by atoms with Crippen molar-refractivity contribution in [1.29, 1.82) is 0 Å². The molecule has 0 unspecified atom stereocenters. The van der Waals surface area contributed by atoms with Crippen LogP contribution in [-0.4, -0.2) is 33.4 Å². The van der Waals surface area contributed by atoms with Crippen LogP contribution in [0.2, 0.25) is 0 Å². The third-order valence-electron chi connectivity index (χ3n) is 5.38. The number of halogens is 1. The molecular formula is C23H22FN5O. The van der Waals surface area contributed by atoms with Gasteiger partial charge in [0.1, 0.15) is 11.6 Å². The molecule has 0 bridgehead atoms. The lowest BCUT2D eigenvalue weighted by Gasteiger charge is -2.26. The fourth-order valence-electron chi connectivity index (χ4n) is 3.60. The maximum absolute atomic E-state index is 14.2. The summed E-state index contributed by atoms with van der Waals surface area (Å²) in [5.41, 5.74) is 5.03. The van der Waals surface area contributed by atoms with Crippen LogP contribution in [0.1, 0.15) is 12.8 Å². The van der Waals surface area contributed by atoms with Crippen molar-refractivity contribution in [3.05, 3.63) is 60.8 Å². The predicted molar refractivity (Wildman–Crippen MR) is 114 cm³/mol.